The van der Waals surface area contributed by atoms with Gasteiger partial charge >= 0.3 is 0 Å². The zero-order chi connectivity index (χ0) is 14.4. The molecule has 0 aromatic heterocycles. The first-order chi connectivity index (χ1) is 9.69. The summed E-state index contributed by atoms with van der Waals surface area (Å²) in [5.74, 6) is 0.799. The number of amides is 1. The molecule has 0 aliphatic heterocycles. The Bertz CT molecular complexity index is 423. The molecule has 1 aliphatic rings. The van der Waals surface area contributed by atoms with E-state index >= 15 is 0 Å². The number of unbranched alkanes of at least 4 members (excludes halogenated alkanes) is 1. The van der Waals surface area contributed by atoms with E-state index in [1.54, 1.807) is 0 Å². The Balaban J connectivity index is 1.60. The molecule has 1 aromatic carbocycles. The molecule has 1 aliphatic carbocycles. The van der Waals surface area contributed by atoms with Gasteiger partial charge in [-0.1, -0.05) is 29.8 Å². The maximum absolute atomic E-state index is 11.8. The third kappa shape index (κ3) is 4.97. The second-order valence-electron chi connectivity index (χ2n) is 5.94. The number of hydrogen-bond acceptors (Lipinski definition) is 2. The number of hydrogen-bond donors (Lipinski definition) is 2. The van der Waals surface area contributed by atoms with Gasteiger partial charge in [0, 0.05) is 19.0 Å². The highest BCUT2D eigenvalue weighted by Crippen LogP contribution is 2.32. The molecular formula is C17H26N2O. The Hall–Kier alpha value is -1.35. The minimum absolute atomic E-state index is 0.163. The SMILES string of the molecule is Cc1ccc(CCCCC(=O)NC(CN)C2CC2)cc1. The van der Waals surface area contributed by atoms with Gasteiger partial charge in [-0.3, -0.25) is 4.79 Å². The van der Waals surface area contributed by atoms with Gasteiger partial charge in [0.25, 0.3) is 0 Å². The molecule has 0 radical (unpaired) electrons. The third-order valence-corrected chi connectivity index (χ3v) is 4.03. The van der Waals surface area contributed by atoms with Gasteiger partial charge in [-0.2, -0.15) is 0 Å². The minimum Gasteiger partial charge on any atom is -0.352 e. The van der Waals surface area contributed by atoms with Crippen LogP contribution in [0.1, 0.15) is 43.2 Å². The predicted molar refractivity (Wildman–Crippen MR) is 82.4 cm³/mol. The first kappa shape index (κ1) is 15.0. The number of carbonyl (C=O) groups excluding carboxylic acids is 1. The van der Waals surface area contributed by atoms with Gasteiger partial charge in [-0.05, 0) is 50.5 Å². The van der Waals surface area contributed by atoms with Crippen molar-refractivity contribution in [3.8, 4) is 0 Å². The van der Waals surface area contributed by atoms with Crippen LogP contribution >= 0.6 is 0 Å². The van der Waals surface area contributed by atoms with E-state index in [4.69, 9.17) is 5.73 Å². The molecule has 110 valence electrons. The van der Waals surface area contributed by atoms with Crippen molar-refractivity contribution in [3.63, 3.8) is 0 Å². The van der Waals surface area contributed by atoms with E-state index in [0.717, 1.165) is 19.3 Å². The number of benzene rings is 1. The summed E-state index contributed by atoms with van der Waals surface area (Å²) >= 11 is 0. The van der Waals surface area contributed by atoms with E-state index in [0.29, 0.717) is 18.9 Å². The highest BCUT2D eigenvalue weighted by molar-refractivity contribution is 5.76. The monoisotopic (exact) mass is 274 g/mol. The van der Waals surface area contributed by atoms with Gasteiger partial charge in [-0.25, -0.2) is 0 Å². The Kier molecular flexibility index (Phi) is 5.60. The van der Waals surface area contributed by atoms with E-state index in [9.17, 15) is 4.79 Å². The van der Waals surface area contributed by atoms with Crippen molar-refractivity contribution in [2.24, 2.45) is 11.7 Å². The maximum atomic E-state index is 11.8. The molecule has 0 spiro atoms. The fourth-order valence-electron chi connectivity index (χ4n) is 2.52. The highest BCUT2D eigenvalue weighted by Gasteiger charge is 2.30. The van der Waals surface area contributed by atoms with Crippen molar-refractivity contribution >= 4 is 5.91 Å². The molecular weight excluding hydrogens is 248 g/mol. The molecule has 3 N–H and O–H groups in total. The van der Waals surface area contributed by atoms with Crippen LogP contribution in [-0.2, 0) is 11.2 Å². The van der Waals surface area contributed by atoms with Crippen LogP contribution in [0, 0.1) is 12.8 Å². The second kappa shape index (κ2) is 7.44. The van der Waals surface area contributed by atoms with E-state index in [2.05, 4.69) is 36.5 Å². The molecule has 2 rings (SSSR count). The Morgan fingerprint density at radius 2 is 2.00 bits per heavy atom. The smallest absolute Gasteiger partial charge is 0.220 e. The Labute approximate surface area is 121 Å². The molecule has 20 heavy (non-hydrogen) atoms. The van der Waals surface area contributed by atoms with Crippen LogP contribution in [0.25, 0.3) is 0 Å². The number of rotatable bonds is 8. The molecule has 0 saturated heterocycles. The van der Waals surface area contributed by atoms with E-state index in [-0.39, 0.29) is 11.9 Å². The Morgan fingerprint density at radius 1 is 1.30 bits per heavy atom. The van der Waals surface area contributed by atoms with Gasteiger partial charge in [0.15, 0.2) is 0 Å². The standard InChI is InChI=1S/C17H26N2O/c1-13-6-8-14(9-7-13)4-2-3-5-17(20)19-16(12-18)15-10-11-15/h6-9,15-16H,2-5,10-12,18H2,1H3,(H,19,20). The minimum atomic E-state index is 0.163. The van der Waals surface area contributed by atoms with Crippen LogP contribution in [0.2, 0.25) is 0 Å². The van der Waals surface area contributed by atoms with Gasteiger partial charge in [0.1, 0.15) is 0 Å². The average Bonchev–Trinajstić information content (AvgIpc) is 3.27. The molecule has 1 atom stereocenters. The molecule has 0 bridgehead atoms. The van der Waals surface area contributed by atoms with E-state index in [1.165, 1.54) is 24.0 Å². The van der Waals surface area contributed by atoms with Crippen molar-refractivity contribution in [1.29, 1.82) is 0 Å². The fraction of sp³-hybridized carbons (Fsp3) is 0.588. The largest absolute Gasteiger partial charge is 0.352 e. The lowest BCUT2D eigenvalue weighted by Gasteiger charge is -2.15. The van der Waals surface area contributed by atoms with E-state index in [1.807, 2.05) is 0 Å². The Morgan fingerprint density at radius 3 is 2.60 bits per heavy atom. The lowest BCUT2D eigenvalue weighted by molar-refractivity contribution is -0.122. The molecule has 1 saturated carbocycles. The zero-order valence-electron chi connectivity index (χ0n) is 12.4. The number of nitrogens with two attached hydrogens (primary N) is 1. The summed E-state index contributed by atoms with van der Waals surface area (Å²) in [4.78, 5) is 11.8. The normalized spacial score (nSPS) is 15.9. The molecule has 1 amide bonds. The first-order valence-corrected chi connectivity index (χ1v) is 7.74. The zero-order valence-corrected chi connectivity index (χ0v) is 12.4. The summed E-state index contributed by atoms with van der Waals surface area (Å²) in [7, 11) is 0. The summed E-state index contributed by atoms with van der Waals surface area (Å²) < 4.78 is 0. The van der Waals surface area contributed by atoms with Crippen LogP contribution in [-0.4, -0.2) is 18.5 Å². The average molecular weight is 274 g/mol. The fourth-order valence-corrected chi connectivity index (χ4v) is 2.52. The van der Waals surface area contributed by atoms with Gasteiger partial charge < -0.3 is 11.1 Å². The van der Waals surface area contributed by atoms with Gasteiger partial charge in [-0.15, -0.1) is 0 Å². The summed E-state index contributed by atoms with van der Waals surface area (Å²) in [6.45, 7) is 2.67. The lowest BCUT2D eigenvalue weighted by Crippen LogP contribution is -2.41. The van der Waals surface area contributed by atoms with Crippen LogP contribution in [0.15, 0.2) is 24.3 Å². The molecule has 0 heterocycles. The molecule has 1 aromatic rings. The van der Waals surface area contributed by atoms with Gasteiger partial charge in [0.2, 0.25) is 5.91 Å². The predicted octanol–water partition coefficient (Wildman–Crippen LogP) is 2.56. The molecule has 1 unspecified atom stereocenters. The van der Waals surface area contributed by atoms with Crippen molar-refractivity contribution in [2.45, 2.75) is 51.5 Å². The van der Waals surface area contributed by atoms with Crippen molar-refractivity contribution < 1.29 is 4.79 Å². The van der Waals surface area contributed by atoms with Crippen molar-refractivity contribution in [3.05, 3.63) is 35.4 Å². The number of nitrogens with one attached hydrogen (secondary N) is 1. The summed E-state index contributed by atoms with van der Waals surface area (Å²) in [6, 6.07) is 8.84. The van der Waals surface area contributed by atoms with Crippen molar-refractivity contribution in [1.82, 2.24) is 5.32 Å². The topological polar surface area (TPSA) is 55.1 Å². The first-order valence-electron chi connectivity index (χ1n) is 7.74. The maximum Gasteiger partial charge on any atom is 0.220 e. The third-order valence-electron chi connectivity index (χ3n) is 4.03. The second-order valence-corrected chi connectivity index (χ2v) is 5.94. The number of carbonyl (C=O) groups is 1. The molecule has 1 fully saturated rings. The lowest BCUT2D eigenvalue weighted by atomic mass is 10.1. The van der Waals surface area contributed by atoms with Crippen LogP contribution in [0.5, 0.6) is 0 Å². The summed E-state index contributed by atoms with van der Waals surface area (Å²) in [6.07, 6.45) is 6.12. The number of aryl methyl sites for hydroxylation is 2. The summed E-state index contributed by atoms with van der Waals surface area (Å²) in [5.41, 5.74) is 8.34. The van der Waals surface area contributed by atoms with Crippen LogP contribution in [0.3, 0.4) is 0 Å². The van der Waals surface area contributed by atoms with Gasteiger partial charge in [0.05, 0.1) is 0 Å². The summed E-state index contributed by atoms with van der Waals surface area (Å²) in [5, 5.41) is 3.07. The van der Waals surface area contributed by atoms with Crippen LogP contribution < -0.4 is 11.1 Å². The van der Waals surface area contributed by atoms with Crippen molar-refractivity contribution in [2.75, 3.05) is 6.54 Å². The van der Waals surface area contributed by atoms with Crippen LogP contribution in [0.4, 0.5) is 0 Å². The quantitative estimate of drug-likeness (QED) is 0.716. The molecule has 3 heteroatoms. The van der Waals surface area contributed by atoms with E-state index < -0.39 is 0 Å². The molecule has 3 nitrogen and oxygen atoms in total. The highest BCUT2D eigenvalue weighted by atomic mass is 16.1.